The summed E-state index contributed by atoms with van der Waals surface area (Å²) in [5, 5.41) is 3.45. The first-order chi connectivity index (χ1) is 11.7. The maximum atomic E-state index is 13.5. The monoisotopic (exact) mass is 335 g/mol. The van der Waals surface area contributed by atoms with E-state index >= 15 is 0 Å². The first-order valence-corrected chi connectivity index (χ1v) is 7.93. The summed E-state index contributed by atoms with van der Waals surface area (Å²) >= 11 is 5.93. The Labute approximate surface area is 146 Å². The Morgan fingerprint density at radius 1 is 0.875 bits per heavy atom. The van der Waals surface area contributed by atoms with E-state index in [0.717, 1.165) is 16.8 Å². The van der Waals surface area contributed by atoms with Crippen LogP contribution < -0.4 is 5.32 Å². The highest BCUT2D eigenvalue weighted by molar-refractivity contribution is 6.30. The van der Waals surface area contributed by atoms with Gasteiger partial charge in [-0.1, -0.05) is 65.9 Å². The predicted octanol–water partition coefficient (Wildman–Crippen LogP) is 5.68. The minimum atomic E-state index is -0.435. The number of benzene rings is 3. The van der Waals surface area contributed by atoms with E-state index in [0.29, 0.717) is 0 Å². The van der Waals surface area contributed by atoms with E-state index in [1.807, 2.05) is 60.7 Å². The Balaban J connectivity index is 1.94. The van der Waals surface area contributed by atoms with Crippen LogP contribution in [0.15, 0.2) is 78.9 Å². The van der Waals surface area contributed by atoms with Crippen LogP contribution in [0.3, 0.4) is 0 Å². The lowest BCUT2D eigenvalue weighted by atomic mass is 10.1. The average molecular weight is 336 g/mol. The number of anilines is 1. The molecule has 3 rings (SSSR count). The van der Waals surface area contributed by atoms with Crippen LogP contribution in [-0.4, -0.2) is 0 Å². The number of para-hydroxylation sites is 1. The topological polar surface area (TPSA) is 12.0 Å². The van der Waals surface area contributed by atoms with Crippen molar-refractivity contribution in [1.29, 1.82) is 0 Å². The van der Waals surface area contributed by atoms with E-state index in [-0.39, 0.29) is 11.1 Å². The van der Waals surface area contributed by atoms with Gasteiger partial charge >= 0.3 is 0 Å². The molecule has 118 valence electrons. The van der Waals surface area contributed by atoms with Gasteiger partial charge in [-0.25, -0.2) is 4.39 Å². The fourth-order valence-corrected chi connectivity index (χ4v) is 2.46. The summed E-state index contributed by atoms with van der Waals surface area (Å²) in [6, 6.07) is 23.9. The molecule has 3 aromatic carbocycles. The smallest absolute Gasteiger partial charge is 0.141 e. The normalized spacial score (nSPS) is 11.2. The highest BCUT2D eigenvalue weighted by Crippen LogP contribution is 2.24. The zero-order chi connectivity index (χ0) is 16.8. The molecular formula is C21H15ClFN. The van der Waals surface area contributed by atoms with Crippen LogP contribution in [0.25, 0.3) is 0 Å². The third-order valence-corrected chi connectivity index (χ3v) is 3.79. The molecule has 3 heteroatoms. The van der Waals surface area contributed by atoms with E-state index in [1.165, 1.54) is 6.07 Å². The SMILES string of the molecule is Fc1ccc([C@H](C#Cc2ccccc2)Nc2ccccc2)cc1Cl. The minimum absolute atomic E-state index is 0.0915. The number of rotatable bonds is 3. The molecular weight excluding hydrogens is 321 g/mol. The van der Waals surface area contributed by atoms with Gasteiger partial charge in [0.2, 0.25) is 0 Å². The van der Waals surface area contributed by atoms with Gasteiger partial charge in [0, 0.05) is 11.3 Å². The predicted molar refractivity (Wildman–Crippen MR) is 97.5 cm³/mol. The number of halogens is 2. The Hall–Kier alpha value is -2.76. The van der Waals surface area contributed by atoms with E-state index in [1.54, 1.807) is 12.1 Å². The van der Waals surface area contributed by atoms with Crippen molar-refractivity contribution >= 4 is 17.3 Å². The summed E-state index contributed by atoms with van der Waals surface area (Å²) in [6.07, 6.45) is 0. The molecule has 0 bridgehead atoms. The molecule has 0 aliphatic rings. The third kappa shape index (κ3) is 4.16. The highest BCUT2D eigenvalue weighted by atomic mass is 35.5. The lowest BCUT2D eigenvalue weighted by Gasteiger charge is -2.15. The maximum Gasteiger partial charge on any atom is 0.141 e. The minimum Gasteiger partial charge on any atom is -0.368 e. The van der Waals surface area contributed by atoms with Gasteiger partial charge < -0.3 is 5.32 Å². The molecule has 24 heavy (non-hydrogen) atoms. The molecule has 0 aliphatic carbocycles. The molecule has 1 nitrogen and oxygen atoms in total. The molecule has 0 fully saturated rings. The van der Waals surface area contributed by atoms with Crippen molar-refractivity contribution in [2.75, 3.05) is 5.32 Å². The average Bonchev–Trinajstić information content (AvgIpc) is 2.63. The van der Waals surface area contributed by atoms with Gasteiger partial charge in [0.15, 0.2) is 0 Å². The molecule has 0 amide bonds. The number of hydrogen-bond acceptors (Lipinski definition) is 1. The van der Waals surface area contributed by atoms with Crippen molar-refractivity contribution in [1.82, 2.24) is 0 Å². The van der Waals surface area contributed by atoms with Crippen LogP contribution in [0.5, 0.6) is 0 Å². The molecule has 1 N–H and O–H groups in total. The standard InChI is InChI=1S/C21H15ClFN/c22-19-15-17(12-13-20(19)23)21(24-18-9-5-2-6-10-18)14-11-16-7-3-1-4-8-16/h1-10,12-13,15,21,24H/t21-/m0/s1. The number of nitrogens with one attached hydrogen (secondary N) is 1. The van der Waals surface area contributed by atoms with Gasteiger partial charge in [-0.2, -0.15) is 0 Å². The van der Waals surface area contributed by atoms with Crippen molar-refractivity contribution in [3.05, 3.63) is 101 Å². The summed E-state index contributed by atoms with van der Waals surface area (Å²) in [5.74, 6) is 5.92. The van der Waals surface area contributed by atoms with Gasteiger partial charge in [-0.15, -0.1) is 0 Å². The Morgan fingerprint density at radius 3 is 2.21 bits per heavy atom. The lowest BCUT2D eigenvalue weighted by molar-refractivity contribution is 0.627. The van der Waals surface area contributed by atoms with Crippen molar-refractivity contribution in [3.8, 4) is 11.8 Å². The quantitative estimate of drug-likeness (QED) is 0.607. The molecule has 0 aromatic heterocycles. The van der Waals surface area contributed by atoms with Crippen molar-refractivity contribution in [3.63, 3.8) is 0 Å². The van der Waals surface area contributed by atoms with Crippen LogP contribution in [0.1, 0.15) is 17.2 Å². The van der Waals surface area contributed by atoms with Gasteiger partial charge in [0.1, 0.15) is 11.9 Å². The van der Waals surface area contributed by atoms with Crippen LogP contribution in [0, 0.1) is 17.7 Å². The van der Waals surface area contributed by atoms with E-state index in [4.69, 9.17) is 11.6 Å². The maximum absolute atomic E-state index is 13.5. The summed E-state index contributed by atoms with van der Waals surface area (Å²) in [5.41, 5.74) is 2.67. The summed E-state index contributed by atoms with van der Waals surface area (Å²) < 4.78 is 13.5. The second-order valence-corrected chi connectivity index (χ2v) is 5.66. The Kier molecular flexibility index (Phi) is 5.15. The molecule has 0 saturated heterocycles. The first kappa shape index (κ1) is 16.1. The summed E-state index contributed by atoms with van der Waals surface area (Å²) in [7, 11) is 0. The zero-order valence-electron chi connectivity index (χ0n) is 12.8. The molecule has 0 heterocycles. The van der Waals surface area contributed by atoms with Crippen molar-refractivity contribution in [2.45, 2.75) is 6.04 Å². The van der Waals surface area contributed by atoms with Crippen molar-refractivity contribution < 1.29 is 4.39 Å². The Morgan fingerprint density at radius 2 is 1.54 bits per heavy atom. The molecule has 0 spiro atoms. The van der Waals surface area contributed by atoms with Crippen LogP contribution in [0.2, 0.25) is 5.02 Å². The molecule has 3 aromatic rings. The third-order valence-electron chi connectivity index (χ3n) is 3.50. The fourth-order valence-electron chi connectivity index (χ4n) is 2.27. The first-order valence-electron chi connectivity index (χ1n) is 7.55. The molecule has 0 aliphatic heterocycles. The van der Waals surface area contributed by atoms with Crippen LogP contribution in [-0.2, 0) is 0 Å². The number of hydrogen-bond donors (Lipinski definition) is 1. The molecule has 0 radical (unpaired) electrons. The van der Waals surface area contributed by atoms with Crippen LogP contribution in [0.4, 0.5) is 10.1 Å². The van der Waals surface area contributed by atoms with Crippen LogP contribution >= 0.6 is 11.6 Å². The molecule has 0 saturated carbocycles. The highest BCUT2D eigenvalue weighted by Gasteiger charge is 2.11. The van der Waals surface area contributed by atoms with Gasteiger partial charge in [-0.3, -0.25) is 0 Å². The van der Waals surface area contributed by atoms with E-state index < -0.39 is 5.82 Å². The summed E-state index contributed by atoms with van der Waals surface area (Å²) in [4.78, 5) is 0. The molecule has 1 atom stereocenters. The fraction of sp³-hybridized carbons (Fsp3) is 0.0476. The lowest BCUT2D eigenvalue weighted by Crippen LogP contribution is -2.09. The van der Waals surface area contributed by atoms with Gasteiger partial charge in [0.05, 0.1) is 5.02 Å². The second-order valence-electron chi connectivity index (χ2n) is 5.25. The zero-order valence-corrected chi connectivity index (χ0v) is 13.6. The van der Waals surface area contributed by atoms with Crippen molar-refractivity contribution in [2.24, 2.45) is 0 Å². The van der Waals surface area contributed by atoms with E-state index in [9.17, 15) is 4.39 Å². The Bertz CT molecular complexity index is 867. The van der Waals surface area contributed by atoms with Gasteiger partial charge in [0.25, 0.3) is 0 Å². The second kappa shape index (κ2) is 7.68. The van der Waals surface area contributed by atoms with Gasteiger partial charge in [-0.05, 0) is 42.0 Å². The molecule has 0 unspecified atom stereocenters. The largest absolute Gasteiger partial charge is 0.368 e. The summed E-state index contributed by atoms with van der Waals surface area (Å²) in [6.45, 7) is 0. The van der Waals surface area contributed by atoms with E-state index in [2.05, 4.69) is 17.2 Å².